The van der Waals surface area contributed by atoms with E-state index in [4.69, 9.17) is 9.47 Å². The summed E-state index contributed by atoms with van der Waals surface area (Å²) >= 11 is 0. The van der Waals surface area contributed by atoms with E-state index in [0.29, 0.717) is 25.4 Å². The highest BCUT2D eigenvalue weighted by atomic mass is 16.5. The van der Waals surface area contributed by atoms with Gasteiger partial charge in [0, 0.05) is 25.0 Å². The predicted octanol–water partition coefficient (Wildman–Crippen LogP) is 1.43. The Labute approximate surface area is 149 Å². The average Bonchev–Trinajstić information content (AvgIpc) is 2.62. The molecule has 2 heterocycles. The molecule has 1 N–H and O–H groups in total. The molecule has 2 atom stereocenters. The number of carbonyl (C=O) groups is 1. The van der Waals surface area contributed by atoms with Crippen LogP contribution in [0.2, 0.25) is 0 Å². The highest BCUT2D eigenvalue weighted by molar-refractivity contribution is 5.94. The Hall–Kier alpha value is -1.50. The van der Waals surface area contributed by atoms with E-state index in [1.54, 1.807) is 6.20 Å². The largest absolute Gasteiger partial charge is 0.379 e. The molecule has 1 aromatic rings. The number of hydrogen-bond acceptors (Lipinski definition) is 5. The fraction of sp³-hybridized carbons (Fsp3) is 0.684. The first kappa shape index (κ1) is 18.3. The Morgan fingerprint density at radius 3 is 3.08 bits per heavy atom. The Morgan fingerprint density at radius 2 is 2.24 bits per heavy atom. The topological polar surface area (TPSA) is 63.7 Å². The molecular formula is C19H29N3O3. The smallest absolute Gasteiger partial charge is 0.253 e. The van der Waals surface area contributed by atoms with E-state index in [0.717, 1.165) is 31.5 Å². The highest BCUT2D eigenvalue weighted by Gasteiger charge is 2.28. The van der Waals surface area contributed by atoms with Gasteiger partial charge in [-0.15, -0.1) is 0 Å². The summed E-state index contributed by atoms with van der Waals surface area (Å²) in [4.78, 5) is 19.2. The van der Waals surface area contributed by atoms with E-state index >= 15 is 0 Å². The maximum Gasteiger partial charge on any atom is 0.253 e. The summed E-state index contributed by atoms with van der Waals surface area (Å²) in [6.45, 7) is 2.67. The van der Waals surface area contributed by atoms with Crippen LogP contribution in [0.4, 0.5) is 0 Å². The Morgan fingerprint density at radius 1 is 1.40 bits per heavy atom. The van der Waals surface area contributed by atoms with Gasteiger partial charge in [-0.25, -0.2) is 0 Å². The second-order valence-electron chi connectivity index (χ2n) is 7.19. The molecule has 0 aromatic carbocycles. The second kappa shape index (κ2) is 8.74. The van der Waals surface area contributed by atoms with Crippen molar-refractivity contribution in [3.05, 3.63) is 29.1 Å². The van der Waals surface area contributed by atoms with Crippen LogP contribution in [0.3, 0.4) is 0 Å². The number of nitrogens with one attached hydrogen (secondary N) is 1. The van der Waals surface area contributed by atoms with Gasteiger partial charge in [0.25, 0.3) is 5.91 Å². The van der Waals surface area contributed by atoms with Gasteiger partial charge < -0.3 is 19.7 Å². The normalized spacial score (nSPS) is 23.3. The number of fused-ring (bicyclic) bond motifs is 1. The zero-order chi connectivity index (χ0) is 17.6. The third-order valence-corrected chi connectivity index (χ3v) is 4.92. The number of likely N-dealkylation sites (N-methyl/N-ethyl adjacent to an activating group) is 1. The van der Waals surface area contributed by atoms with Crippen molar-refractivity contribution in [2.24, 2.45) is 0 Å². The Balaban J connectivity index is 1.60. The monoisotopic (exact) mass is 347 g/mol. The molecule has 1 aliphatic heterocycles. The molecule has 1 aromatic heterocycles. The molecule has 1 fully saturated rings. The van der Waals surface area contributed by atoms with Gasteiger partial charge in [0.1, 0.15) is 6.10 Å². The molecule has 0 spiro atoms. The molecular weight excluding hydrogens is 318 g/mol. The van der Waals surface area contributed by atoms with Gasteiger partial charge in [-0.2, -0.15) is 0 Å². The summed E-state index contributed by atoms with van der Waals surface area (Å²) in [5.74, 6) is -0.0611. The van der Waals surface area contributed by atoms with Crippen LogP contribution in [0.5, 0.6) is 0 Å². The third-order valence-electron chi connectivity index (χ3n) is 4.92. The lowest BCUT2D eigenvalue weighted by molar-refractivity contribution is -0.0690. The molecule has 1 saturated heterocycles. The second-order valence-corrected chi connectivity index (χ2v) is 7.19. The van der Waals surface area contributed by atoms with E-state index < -0.39 is 0 Å². The molecule has 138 valence electrons. The SMILES string of the molecule is CN(C)CCO[C@@H]1COCC[C@H]1NC(=O)c1cnc2c(c1)CCCC2. The number of aromatic nitrogens is 1. The van der Waals surface area contributed by atoms with Crippen molar-refractivity contribution < 1.29 is 14.3 Å². The quantitative estimate of drug-likeness (QED) is 0.843. The summed E-state index contributed by atoms with van der Waals surface area (Å²) in [5, 5.41) is 3.13. The van der Waals surface area contributed by atoms with E-state index in [1.165, 1.54) is 18.4 Å². The van der Waals surface area contributed by atoms with Crippen LogP contribution in [0, 0.1) is 0 Å². The average molecular weight is 347 g/mol. The van der Waals surface area contributed by atoms with Gasteiger partial charge in [-0.05, 0) is 57.8 Å². The first-order valence-electron chi connectivity index (χ1n) is 9.26. The molecule has 0 saturated carbocycles. The molecule has 6 heteroatoms. The number of hydrogen-bond donors (Lipinski definition) is 1. The fourth-order valence-electron chi connectivity index (χ4n) is 3.39. The summed E-state index contributed by atoms with van der Waals surface area (Å²) in [6.07, 6.45) is 6.82. The Kier molecular flexibility index (Phi) is 6.39. The lowest BCUT2D eigenvalue weighted by atomic mass is 9.95. The number of aryl methyl sites for hydroxylation is 2. The number of rotatable bonds is 6. The number of ether oxygens (including phenoxy) is 2. The maximum absolute atomic E-state index is 12.7. The minimum Gasteiger partial charge on any atom is -0.379 e. The molecule has 3 rings (SSSR count). The van der Waals surface area contributed by atoms with Crippen molar-refractivity contribution in [1.82, 2.24) is 15.2 Å². The van der Waals surface area contributed by atoms with Crippen LogP contribution in [0.15, 0.2) is 12.3 Å². The van der Waals surface area contributed by atoms with Crippen LogP contribution in [-0.4, -0.2) is 68.4 Å². The van der Waals surface area contributed by atoms with E-state index in [2.05, 4.69) is 15.2 Å². The van der Waals surface area contributed by atoms with Crippen LogP contribution in [-0.2, 0) is 22.3 Å². The predicted molar refractivity (Wildman–Crippen MR) is 95.9 cm³/mol. The van der Waals surface area contributed by atoms with E-state index in [1.807, 2.05) is 20.2 Å². The first-order valence-corrected chi connectivity index (χ1v) is 9.26. The third kappa shape index (κ3) is 5.00. The van der Waals surface area contributed by atoms with Gasteiger partial charge in [0.05, 0.1) is 24.8 Å². The summed E-state index contributed by atoms with van der Waals surface area (Å²) in [7, 11) is 4.03. The molecule has 0 bridgehead atoms. The van der Waals surface area contributed by atoms with Gasteiger partial charge in [0.15, 0.2) is 0 Å². The van der Waals surface area contributed by atoms with Crippen LogP contribution in [0.25, 0.3) is 0 Å². The zero-order valence-electron chi connectivity index (χ0n) is 15.3. The van der Waals surface area contributed by atoms with Crippen molar-refractivity contribution in [1.29, 1.82) is 0 Å². The van der Waals surface area contributed by atoms with Crippen LogP contribution >= 0.6 is 0 Å². The maximum atomic E-state index is 12.7. The van der Waals surface area contributed by atoms with Gasteiger partial charge in [-0.3, -0.25) is 9.78 Å². The molecule has 0 radical (unpaired) electrons. The Bertz CT molecular complexity index is 591. The lowest BCUT2D eigenvalue weighted by Crippen LogP contribution is -2.50. The van der Waals surface area contributed by atoms with Crippen molar-refractivity contribution in [3.63, 3.8) is 0 Å². The summed E-state index contributed by atoms with van der Waals surface area (Å²) in [6, 6.07) is 2.00. The van der Waals surface area contributed by atoms with Gasteiger partial charge in [0.2, 0.25) is 0 Å². The highest BCUT2D eigenvalue weighted by Crippen LogP contribution is 2.20. The lowest BCUT2D eigenvalue weighted by Gasteiger charge is -2.32. The van der Waals surface area contributed by atoms with Crippen LogP contribution < -0.4 is 5.32 Å². The van der Waals surface area contributed by atoms with Crippen molar-refractivity contribution in [2.45, 2.75) is 44.2 Å². The zero-order valence-corrected chi connectivity index (χ0v) is 15.3. The standard InChI is InChI=1S/C19H29N3O3/c1-22(2)8-10-25-18-13-24-9-7-17(18)21-19(23)15-11-14-5-3-4-6-16(14)20-12-15/h11-12,17-18H,3-10,13H2,1-2H3,(H,21,23)/t17-,18-/m1/s1. The van der Waals surface area contributed by atoms with E-state index in [9.17, 15) is 4.79 Å². The van der Waals surface area contributed by atoms with Crippen molar-refractivity contribution in [2.75, 3.05) is 40.5 Å². The molecule has 0 unspecified atom stereocenters. The number of carbonyl (C=O) groups excluding carboxylic acids is 1. The minimum absolute atomic E-state index is 0.0144. The van der Waals surface area contributed by atoms with E-state index in [-0.39, 0.29) is 18.1 Å². The number of nitrogens with zero attached hydrogens (tertiary/aromatic N) is 2. The molecule has 1 amide bonds. The molecule has 1 aliphatic carbocycles. The fourth-order valence-corrected chi connectivity index (χ4v) is 3.39. The van der Waals surface area contributed by atoms with Gasteiger partial charge >= 0.3 is 0 Å². The van der Waals surface area contributed by atoms with Crippen molar-refractivity contribution in [3.8, 4) is 0 Å². The first-order chi connectivity index (χ1) is 12.1. The number of amides is 1. The van der Waals surface area contributed by atoms with Crippen molar-refractivity contribution >= 4 is 5.91 Å². The van der Waals surface area contributed by atoms with Crippen LogP contribution in [0.1, 0.15) is 40.9 Å². The number of pyridine rings is 1. The summed E-state index contributed by atoms with van der Waals surface area (Å²) < 4.78 is 11.5. The molecule has 2 aliphatic rings. The molecule has 6 nitrogen and oxygen atoms in total. The van der Waals surface area contributed by atoms with Gasteiger partial charge in [-0.1, -0.05) is 0 Å². The summed E-state index contributed by atoms with van der Waals surface area (Å²) in [5.41, 5.74) is 3.03. The molecule has 25 heavy (non-hydrogen) atoms. The minimum atomic E-state index is -0.0942.